The molecule has 0 aliphatic carbocycles. The first-order valence-electron chi connectivity index (χ1n) is 5.33. The maximum absolute atomic E-state index is 9.14. The van der Waals surface area contributed by atoms with E-state index in [1.165, 1.54) is 0 Å². The minimum atomic E-state index is 0.658. The first-order chi connectivity index (χ1) is 8.61. The molecule has 0 unspecified atom stereocenters. The minimum Gasteiger partial charge on any atom is -0.353 e. The Bertz CT molecular complexity index is 632. The Morgan fingerprint density at radius 3 is 2.78 bits per heavy atom. The van der Waals surface area contributed by atoms with Crippen molar-refractivity contribution in [1.82, 2.24) is 0 Å². The number of nitriles is 1. The lowest BCUT2D eigenvalue weighted by atomic mass is 10.1. The highest BCUT2D eigenvalue weighted by atomic mass is 127. The molecule has 1 N–H and O–H groups in total. The largest absolute Gasteiger partial charge is 0.353 e. The highest BCUT2D eigenvalue weighted by molar-refractivity contribution is 14.1. The highest BCUT2D eigenvalue weighted by Gasteiger charge is 2.07. The van der Waals surface area contributed by atoms with Gasteiger partial charge in [-0.3, -0.25) is 0 Å². The van der Waals surface area contributed by atoms with Gasteiger partial charge in [-0.05, 0) is 59.3 Å². The van der Waals surface area contributed by atoms with Crippen molar-refractivity contribution in [1.29, 1.82) is 5.26 Å². The van der Waals surface area contributed by atoms with Crippen molar-refractivity contribution >= 4 is 49.9 Å². The van der Waals surface area contributed by atoms with Crippen molar-refractivity contribution in [2.45, 2.75) is 6.92 Å². The van der Waals surface area contributed by atoms with E-state index in [0.29, 0.717) is 5.56 Å². The van der Waals surface area contributed by atoms with Crippen LogP contribution in [0, 0.1) is 21.8 Å². The number of anilines is 2. The van der Waals surface area contributed by atoms with Gasteiger partial charge in [-0.15, -0.1) is 0 Å². The molecule has 0 spiro atoms. The predicted octanol–water partition coefficient (Wildman–Crippen LogP) is 4.98. The normalized spacial score (nSPS) is 9.89. The summed E-state index contributed by atoms with van der Waals surface area (Å²) in [5.41, 5.74) is 3.59. The van der Waals surface area contributed by atoms with Crippen LogP contribution in [0.4, 0.5) is 11.4 Å². The number of hydrogen-bond acceptors (Lipinski definition) is 2. The second-order valence-electron chi connectivity index (χ2n) is 3.86. The van der Waals surface area contributed by atoms with Crippen LogP contribution in [0.3, 0.4) is 0 Å². The fraction of sp³-hybridized carbons (Fsp3) is 0.0714. The van der Waals surface area contributed by atoms with Crippen molar-refractivity contribution in [2.75, 3.05) is 5.32 Å². The van der Waals surface area contributed by atoms with Gasteiger partial charge in [0.05, 0.1) is 16.9 Å². The molecule has 0 aliphatic heterocycles. The molecule has 18 heavy (non-hydrogen) atoms. The van der Waals surface area contributed by atoms with Gasteiger partial charge in [-0.1, -0.05) is 28.1 Å². The maximum Gasteiger partial charge on any atom is 0.101 e. The van der Waals surface area contributed by atoms with Gasteiger partial charge in [0.2, 0.25) is 0 Å². The van der Waals surface area contributed by atoms with E-state index in [1.807, 2.05) is 43.3 Å². The third kappa shape index (κ3) is 2.85. The molecule has 2 nitrogen and oxygen atoms in total. The Balaban J connectivity index is 2.46. The summed E-state index contributed by atoms with van der Waals surface area (Å²) in [6.07, 6.45) is 0. The van der Waals surface area contributed by atoms with E-state index in [9.17, 15) is 0 Å². The average Bonchev–Trinajstić information content (AvgIpc) is 2.36. The maximum atomic E-state index is 9.14. The Morgan fingerprint density at radius 2 is 2.06 bits per heavy atom. The number of nitrogens with zero attached hydrogens (tertiary/aromatic N) is 1. The molecule has 0 aliphatic rings. The monoisotopic (exact) mass is 412 g/mol. The van der Waals surface area contributed by atoms with Gasteiger partial charge >= 0.3 is 0 Å². The molecule has 0 fully saturated rings. The van der Waals surface area contributed by atoms with Crippen LogP contribution in [-0.2, 0) is 0 Å². The molecule has 0 aromatic heterocycles. The van der Waals surface area contributed by atoms with Crippen LogP contribution in [0.25, 0.3) is 0 Å². The summed E-state index contributed by atoms with van der Waals surface area (Å²) in [4.78, 5) is 0. The molecule has 0 amide bonds. The molecule has 4 heteroatoms. The molecule has 0 bridgehead atoms. The molecule has 0 radical (unpaired) electrons. The molecule has 0 atom stereocenters. The van der Waals surface area contributed by atoms with Gasteiger partial charge in [-0.25, -0.2) is 0 Å². The lowest BCUT2D eigenvalue weighted by molar-refractivity contribution is 1.38. The molecule has 2 aromatic carbocycles. The SMILES string of the molecule is Cc1cccc(C#N)c1Nc1cc(Br)ccc1I. The molecular formula is C14H10BrIN2. The van der Waals surface area contributed by atoms with Crippen LogP contribution in [-0.4, -0.2) is 0 Å². The zero-order chi connectivity index (χ0) is 13.1. The van der Waals surface area contributed by atoms with Gasteiger partial charge in [0.1, 0.15) is 6.07 Å². The summed E-state index contributed by atoms with van der Waals surface area (Å²) in [5.74, 6) is 0. The second kappa shape index (κ2) is 5.72. The first kappa shape index (κ1) is 13.4. The third-order valence-corrected chi connectivity index (χ3v) is 4.02. The molecule has 90 valence electrons. The Labute approximate surface area is 128 Å². The van der Waals surface area contributed by atoms with Gasteiger partial charge in [0.15, 0.2) is 0 Å². The zero-order valence-electron chi connectivity index (χ0n) is 9.67. The van der Waals surface area contributed by atoms with Crippen molar-refractivity contribution in [2.24, 2.45) is 0 Å². The lowest BCUT2D eigenvalue weighted by Gasteiger charge is -2.13. The summed E-state index contributed by atoms with van der Waals surface area (Å²) >= 11 is 5.73. The predicted molar refractivity (Wildman–Crippen MR) is 86.0 cm³/mol. The van der Waals surface area contributed by atoms with E-state index >= 15 is 0 Å². The van der Waals surface area contributed by atoms with Gasteiger partial charge in [0.25, 0.3) is 0 Å². The van der Waals surface area contributed by atoms with Crippen LogP contribution in [0.2, 0.25) is 0 Å². The van der Waals surface area contributed by atoms with Crippen molar-refractivity contribution in [3.8, 4) is 6.07 Å². The lowest BCUT2D eigenvalue weighted by Crippen LogP contribution is -1.98. The summed E-state index contributed by atoms with van der Waals surface area (Å²) < 4.78 is 2.13. The highest BCUT2D eigenvalue weighted by Crippen LogP contribution is 2.29. The summed E-state index contributed by atoms with van der Waals surface area (Å²) in [7, 11) is 0. The van der Waals surface area contributed by atoms with Crippen molar-refractivity contribution < 1.29 is 0 Å². The Morgan fingerprint density at radius 1 is 1.28 bits per heavy atom. The third-order valence-electron chi connectivity index (χ3n) is 2.58. The Hall–Kier alpha value is -1.06. The molecule has 0 saturated carbocycles. The van der Waals surface area contributed by atoms with Crippen LogP contribution >= 0.6 is 38.5 Å². The topological polar surface area (TPSA) is 35.8 Å². The van der Waals surface area contributed by atoms with Crippen molar-refractivity contribution in [3.05, 3.63) is 55.6 Å². The van der Waals surface area contributed by atoms with E-state index in [4.69, 9.17) is 5.26 Å². The number of hydrogen-bond donors (Lipinski definition) is 1. The van der Waals surface area contributed by atoms with Gasteiger partial charge < -0.3 is 5.32 Å². The Kier molecular flexibility index (Phi) is 4.25. The van der Waals surface area contributed by atoms with Gasteiger partial charge in [-0.2, -0.15) is 5.26 Å². The van der Waals surface area contributed by atoms with Gasteiger partial charge in [0, 0.05) is 8.04 Å². The zero-order valence-corrected chi connectivity index (χ0v) is 13.4. The second-order valence-corrected chi connectivity index (χ2v) is 5.94. The van der Waals surface area contributed by atoms with Crippen LogP contribution in [0.15, 0.2) is 40.9 Å². The fourth-order valence-corrected chi connectivity index (χ4v) is 2.49. The molecule has 2 aromatic rings. The molecule has 2 rings (SSSR count). The van der Waals surface area contributed by atoms with E-state index in [2.05, 4.69) is 49.9 Å². The number of nitrogens with one attached hydrogen (secondary N) is 1. The molecular weight excluding hydrogens is 403 g/mol. The van der Waals surface area contributed by atoms with Crippen LogP contribution in [0.1, 0.15) is 11.1 Å². The van der Waals surface area contributed by atoms with E-state index in [1.54, 1.807) is 0 Å². The number of rotatable bonds is 2. The minimum absolute atomic E-state index is 0.658. The van der Waals surface area contributed by atoms with E-state index in [0.717, 1.165) is 25.0 Å². The standard InChI is InChI=1S/C14H10BrIN2/c1-9-3-2-4-10(8-17)14(9)18-13-7-11(15)5-6-12(13)16/h2-7,18H,1H3. The summed E-state index contributed by atoms with van der Waals surface area (Å²) in [6, 6.07) is 14.0. The number of halogens is 2. The molecule has 0 saturated heterocycles. The van der Waals surface area contributed by atoms with Crippen LogP contribution < -0.4 is 5.32 Å². The van der Waals surface area contributed by atoms with E-state index in [-0.39, 0.29) is 0 Å². The smallest absolute Gasteiger partial charge is 0.101 e. The number of benzene rings is 2. The fourth-order valence-electron chi connectivity index (χ4n) is 1.65. The van der Waals surface area contributed by atoms with Crippen LogP contribution in [0.5, 0.6) is 0 Å². The van der Waals surface area contributed by atoms with Crippen molar-refractivity contribution in [3.63, 3.8) is 0 Å². The number of para-hydroxylation sites is 1. The quantitative estimate of drug-likeness (QED) is 0.706. The average molecular weight is 413 g/mol. The number of aryl methyl sites for hydroxylation is 1. The summed E-state index contributed by atoms with van der Waals surface area (Å²) in [5, 5.41) is 12.5. The van der Waals surface area contributed by atoms with E-state index < -0.39 is 0 Å². The summed E-state index contributed by atoms with van der Waals surface area (Å²) in [6.45, 7) is 1.99. The molecule has 0 heterocycles. The first-order valence-corrected chi connectivity index (χ1v) is 7.21.